The number of carbonyl (C=O) groups is 1. The van der Waals surface area contributed by atoms with Crippen LogP contribution < -0.4 is 0 Å². The molecule has 1 aliphatic rings. The minimum Gasteiger partial charge on any atom is -0.292 e. The smallest absolute Gasteiger partial charge is 0.241 e. The second-order valence-corrected chi connectivity index (χ2v) is 2.90. The lowest BCUT2D eigenvalue weighted by molar-refractivity contribution is -0.199. The number of rotatable bonds is 1. The summed E-state index contributed by atoms with van der Waals surface area (Å²) in [5, 5.41) is -0.0718. The van der Waals surface area contributed by atoms with Crippen molar-refractivity contribution in [1.82, 2.24) is 5.12 Å². The molecule has 2 unspecified atom stereocenters. The van der Waals surface area contributed by atoms with Crippen LogP contribution in [0.1, 0.15) is 11.6 Å². The van der Waals surface area contributed by atoms with E-state index in [0.717, 1.165) is 0 Å². The van der Waals surface area contributed by atoms with Crippen molar-refractivity contribution >= 4 is 5.78 Å². The van der Waals surface area contributed by atoms with Gasteiger partial charge in [-0.05, 0) is 5.56 Å². The Labute approximate surface area is 73.7 Å². The molecule has 0 bridgehead atoms. The maximum atomic E-state index is 12.7. The normalized spacial score (nSPS) is 28.6. The van der Waals surface area contributed by atoms with Gasteiger partial charge in [-0.15, -0.1) is 4.48 Å². The van der Waals surface area contributed by atoms with E-state index < -0.39 is 18.1 Å². The predicted octanol–water partition coefficient (Wildman–Crippen LogP) is 1.79. The van der Waals surface area contributed by atoms with Crippen molar-refractivity contribution < 1.29 is 13.7 Å². The molecular formula is C9H7F2NO. The molecule has 0 radical (unpaired) electrons. The van der Waals surface area contributed by atoms with E-state index in [1.165, 1.54) is 0 Å². The van der Waals surface area contributed by atoms with Crippen LogP contribution in [0.25, 0.3) is 0 Å². The van der Waals surface area contributed by atoms with E-state index in [-0.39, 0.29) is 5.12 Å². The summed E-state index contributed by atoms with van der Waals surface area (Å²) in [6.07, 6.45) is -2.08. The third-order valence-electron chi connectivity index (χ3n) is 2.08. The highest BCUT2D eigenvalue weighted by molar-refractivity contribution is 5.93. The molecule has 0 spiro atoms. The molecule has 1 aromatic carbocycles. The summed E-state index contributed by atoms with van der Waals surface area (Å²) in [5.41, 5.74) is 0.490. The third-order valence-corrected chi connectivity index (χ3v) is 2.08. The lowest BCUT2D eigenvalue weighted by atomic mass is 9.95. The molecule has 68 valence electrons. The second kappa shape index (κ2) is 2.88. The molecular weight excluding hydrogens is 176 g/mol. The van der Waals surface area contributed by atoms with Gasteiger partial charge in [-0.25, -0.2) is 4.39 Å². The lowest BCUT2D eigenvalue weighted by Gasteiger charge is -2.34. The van der Waals surface area contributed by atoms with Crippen LogP contribution in [0, 0.1) is 0 Å². The second-order valence-electron chi connectivity index (χ2n) is 2.90. The van der Waals surface area contributed by atoms with Crippen molar-refractivity contribution in [3.63, 3.8) is 0 Å². The van der Waals surface area contributed by atoms with Crippen LogP contribution in [-0.2, 0) is 4.79 Å². The Morgan fingerprint density at radius 1 is 1.23 bits per heavy atom. The molecule has 0 aliphatic carbocycles. The molecule has 1 fully saturated rings. The standard InChI is InChI=1S/C9H7F2NO/c10-9-8(13)7(12(9)11)6-4-2-1-3-5-6/h1-5,7,9H. The van der Waals surface area contributed by atoms with Gasteiger partial charge in [0, 0.05) is 0 Å². The maximum Gasteiger partial charge on any atom is 0.241 e. The molecule has 13 heavy (non-hydrogen) atoms. The fourth-order valence-electron chi connectivity index (χ4n) is 1.36. The number of hydrogen-bond acceptors (Lipinski definition) is 2. The minimum absolute atomic E-state index is 0.0718. The van der Waals surface area contributed by atoms with Crippen molar-refractivity contribution in [3.8, 4) is 0 Å². The number of carbonyl (C=O) groups excluding carboxylic acids is 1. The van der Waals surface area contributed by atoms with Crippen LogP contribution in [0.3, 0.4) is 0 Å². The molecule has 1 saturated heterocycles. The van der Waals surface area contributed by atoms with Crippen LogP contribution >= 0.6 is 0 Å². The van der Waals surface area contributed by atoms with E-state index >= 15 is 0 Å². The van der Waals surface area contributed by atoms with Crippen molar-refractivity contribution in [1.29, 1.82) is 0 Å². The van der Waals surface area contributed by atoms with E-state index in [4.69, 9.17) is 0 Å². The summed E-state index contributed by atoms with van der Waals surface area (Å²) in [5.74, 6) is -0.714. The van der Waals surface area contributed by atoms with Gasteiger partial charge in [-0.1, -0.05) is 35.5 Å². The number of halogens is 2. The summed E-state index contributed by atoms with van der Waals surface area (Å²) < 4.78 is 25.2. The lowest BCUT2D eigenvalue weighted by Crippen LogP contribution is -2.52. The van der Waals surface area contributed by atoms with Gasteiger partial charge in [0.25, 0.3) is 0 Å². The summed E-state index contributed by atoms with van der Waals surface area (Å²) >= 11 is 0. The van der Waals surface area contributed by atoms with E-state index in [2.05, 4.69) is 0 Å². The molecule has 1 aromatic rings. The van der Waals surface area contributed by atoms with Gasteiger partial charge in [0.05, 0.1) is 0 Å². The van der Waals surface area contributed by atoms with Gasteiger partial charge >= 0.3 is 0 Å². The zero-order chi connectivity index (χ0) is 9.42. The highest BCUT2D eigenvalue weighted by Gasteiger charge is 2.50. The largest absolute Gasteiger partial charge is 0.292 e. The van der Waals surface area contributed by atoms with Crippen molar-refractivity contribution in [2.75, 3.05) is 0 Å². The summed E-state index contributed by atoms with van der Waals surface area (Å²) in [6.45, 7) is 0. The molecule has 0 N–H and O–H groups in total. The van der Waals surface area contributed by atoms with Crippen LogP contribution in [0.4, 0.5) is 8.87 Å². The monoisotopic (exact) mass is 183 g/mol. The zero-order valence-corrected chi connectivity index (χ0v) is 6.65. The summed E-state index contributed by atoms with van der Waals surface area (Å²) in [6, 6.07) is 7.27. The molecule has 2 atom stereocenters. The highest BCUT2D eigenvalue weighted by atomic mass is 19.2. The topological polar surface area (TPSA) is 20.3 Å². The van der Waals surface area contributed by atoms with E-state index in [9.17, 15) is 13.7 Å². The average Bonchev–Trinajstić information content (AvgIpc) is 2.19. The number of alkyl halides is 1. The van der Waals surface area contributed by atoms with Crippen LogP contribution in [0.2, 0.25) is 0 Å². The fourth-order valence-corrected chi connectivity index (χ4v) is 1.36. The first kappa shape index (κ1) is 8.31. The Hall–Kier alpha value is -1.29. The minimum atomic E-state index is -2.08. The summed E-state index contributed by atoms with van der Waals surface area (Å²) in [7, 11) is 0. The molecule has 0 amide bonds. The van der Waals surface area contributed by atoms with Crippen molar-refractivity contribution in [2.24, 2.45) is 0 Å². The van der Waals surface area contributed by atoms with Crippen molar-refractivity contribution in [3.05, 3.63) is 35.9 Å². The summed E-state index contributed by atoms with van der Waals surface area (Å²) in [4.78, 5) is 10.9. The van der Waals surface area contributed by atoms with Gasteiger partial charge in [0.15, 0.2) is 0 Å². The van der Waals surface area contributed by atoms with Crippen LogP contribution in [-0.4, -0.2) is 17.2 Å². The molecule has 1 heterocycles. The highest BCUT2D eigenvalue weighted by Crippen LogP contribution is 2.35. The molecule has 0 aromatic heterocycles. The van der Waals surface area contributed by atoms with Gasteiger partial charge in [-0.3, -0.25) is 4.79 Å². The molecule has 2 rings (SSSR count). The van der Waals surface area contributed by atoms with E-state index in [0.29, 0.717) is 5.56 Å². The van der Waals surface area contributed by atoms with Gasteiger partial charge in [0.2, 0.25) is 12.1 Å². The Bertz CT molecular complexity index is 328. The van der Waals surface area contributed by atoms with Gasteiger partial charge in [0.1, 0.15) is 6.04 Å². The van der Waals surface area contributed by atoms with Gasteiger partial charge < -0.3 is 0 Å². The first-order valence-corrected chi connectivity index (χ1v) is 3.88. The Morgan fingerprint density at radius 2 is 1.85 bits per heavy atom. The zero-order valence-electron chi connectivity index (χ0n) is 6.65. The Kier molecular flexibility index (Phi) is 1.84. The number of nitrogens with zero attached hydrogens (tertiary/aromatic N) is 1. The Balaban J connectivity index is 2.25. The third kappa shape index (κ3) is 1.14. The molecule has 4 heteroatoms. The first-order chi connectivity index (χ1) is 6.22. The van der Waals surface area contributed by atoms with E-state index in [1.807, 2.05) is 0 Å². The number of hydrogen-bond donors (Lipinski definition) is 0. The van der Waals surface area contributed by atoms with E-state index in [1.54, 1.807) is 30.3 Å². The number of ketones is 1. The average molecular weight is 183 g/mol. The fraction of sp³-hybridized carbons (Fsp3) is 0.222. The first-order valence-electron chi connectivity index (χ1n) is 3.88. The molecule has 2 nitrogen and oxygen atoms in total. The predicted molar refractivity (Wildman–Crippen MR) is 42.0 cm³/mol. The number of Topliss-reactive ketones (excluding diaryl/α,β-unsaturated/α-hetero) is 1. The van der Waals surface area contributed by atoms with Gasteiger partial charge in [-0.2, -0.15) is 0 Å². The maximum absolute atomic E-state index is 12.7. The van der Waals surface area contributed by atoms with Crippen LogP contribution in [0.5, 0.6) is 0 Å². The Morgan fingerprint density at radius 3 is 2.38 bits per heavy atom. The SMILES string of the molecule is O=C1C(F)N(F)C1c1ccccc1. The van der Waals surface area contributed by atoms with Crippen molar-refractivity contribution in [2.45, 2.75) is 12.3 Å². The van der Waals surface area contributed by atoms with Crippen LogP contribution in [0.15, 0.2) is 30.3 Å². The molecule has 1 aliphatic heterocycles. The number of benzene rings is 1. The quantitative estimate of drug-likeness (QED) is 0.488. The molecule has 0 saturated carbocycles.